The van der Waals surface area contributed by atoms with Crippen LogP contribution in [0.15, 0.2) is 35.3 Å². The highest BCUT2D eigenvalue weighted by Crippen LogP contribution is 2.05. The van der Waals surface area contributed by atoms with Crippen LogP contribution >= 0.6 is 0 Å². The van der Waals surface area contributed by atoms with Gasteiger partial charge < -0.3 is 20.6 Å². The molecule has 8 heteroatoms. The topological polar surface area (TPSA) is 110 Å². The van der Waals surface area contributed by atoms with E-state index in [1.54, 1.807) is 11.9 Å². The summed E-state index contributed by atoms with van der Waals surface area (Å²) in [7, 11) is 1.79. The fourth-order valence-electron chi connectivity index (χ4n) is 2.61. The zero-order valence-electron chi connectivity index (χ0n) is 16.7. The Bertz CT molecular complexity index is 837. The molecule has 2 rings (SSSR count). The fraction of sp³-hybridized carbons (Fsp3) is 0.450. The van der Waals surface area contributed by atoms with Crippen molar-refractivity contribution in [2.45, 2.75) is 32.9 Å². The van der Waals surface area contributed by atoms with Crippen molar-refractivity contribution >= 4 is 11.9 Å². The van der Waals surface area contributed by atoms with Crippen molar-refractivity contribution in [2.75, 3.05) is 31.6 Å². The summed E-state index contributed by atoms with van der Waals surface area (Å²) < 4.78 is 0. The molecule has 28 heavy (non-hydrogen) atoms. The Labute approximate surface area is 165 Å². The van der Waals surface area contributed by atoms with Crippen LogP contribution < -0.4 is 21.1 Å². The second-order valence-electron chi connectivity index (χ2n) is 6.63. The molecular weight excluding hydrogens is 358 g/mol. The van der Waals surface area contributed by atoms with Crippen LogP contribution in [0.25, 0.3) is 0 Å². The standard InChI is InChI=1S/C20H29N5O3/c1-4-14-7-6-8-15(9-14)10-21-11-16(26)12-22-18(27)17-13-23-20(24-19(17)28)25(3)5-2/h6-9,13,16,21,26H,4-5,10-12H2,1-3H3,(H,22,27)(H,23,24,28). The number of aliphatic hydroxyl groups excluding tert-OH is 1. The molecule has 1 aromatic heterocycles. The van der Waals surface area contributed by atoms with E-state index in [4.69, 9.17) is 0 Å². The molecule has 4 N–H and O–H groups in total. The number of carbonyl (C=O) groups excluding carboxylic acids is 1. The van der Waals surface area contributed by atoms with Gasteiger partial charge >= 0.3 is 0 Å². The van der Waals surface area contributed by atoms with Gasteiger partial charge in [-0.2, -0.15) is 0 Å². The first kappa shape index (κ1) is 21.6. The summed E-state index contributed by atoms with van der Waals surface area (Å²) in [6, 6.07) is 8.25. The summed E-state index contributed by atoms with van der Waals surface area (Å²) >= 11 is 0. The van der Waals surface area contributed by atoms with E-state index in [1.165, 1.54) is 11.8 Å². The van der Waals surface area contributed by atoms with Crippen LogP contribution in [0.5, 0.6) is 0 Å². The molecule has 152 valence electrons. The maximum atomic E-state index is 12.2. The van der Waals surface area contributed by atoms with Gasteiger partial charge in [0.25, 0.3) is 11.5 Å². The Morgan fingerprint density at radius 1 is 1.29 bits per heavy atom. The van der Waals surface area contributed by atoms with Crippen molar-refractivity contribution in [1.82, 2.24) is 20.6 Å². The van der Waals surface area contributed by atoms with Crippen molar-refractivity contribution < 1.29 is 9.90 Å². The maximum absolute atomic E-state index is 12.2. The number of aromatic amines is 1. The zero-order chi connectivity index (χ0) is 20.5. The molecule has 0 saturated heterocycles. The van der Waals surface area contributed by atoms with Crippen LogP contribution in [0.1, 0.15) is 35.3 Å². The van der Waals surface area contributed by atoms with Crippen LogP contribution in [-0.4, -0.2) is 53.8 Å². The SMILES string of the molecule is CCc1cccc(CNCC(O)CNC(=O)c2cnc(N(C)CC)[nH]c2=O)c1. The van der Waals surface area contributed by atoms with Gasteiger partial charge in [0.2, 0.25) is 5.95 Å². The Morgan fingerprint density at radius 3 is 2.71 bits per heavy atom. The lowest BCUT2D eigenvalue weighted by molar-refractivity contribution is 0.0913. The number of rotatable bonds is 10. The van der Waals surface area contributed by atoms with E-state index in [0.717, 1.165) is 12.0 Å². The number of aromatic nitrogens is 2. The highest BCUT2D eigenvalue weighted by Gasteiger charge is 2.14. The Kier molecular flexibility index (Phi) is 8.16. The van der Waals surface area contributed by atoms with E-state index in [9.17, 15) is 14.7 Å². The van der Waals surface area contributed by atoms with Crippen LogP contribution in [-0.2, 0) is 13.0 Å². The van der Waals surface area contributed by atoms with Gasteiger partial charge in [-0.25, -0.2) is 4.98 Å². The number of aryl methyl sites for hydroxylation is 1. The van der Waals surface area contributed by atoms with E-state index >= 15 is 0 Å². The van der Waals surface area contributed by atoms with Crippen LogP contribution in [0.4, 0.5) is 5.95 Å². The van der Waals surface area contributed by atoms with Gasteiger partial charge in [0.1, 0.15) is 5.56 Å². The van der Waals surface area contributed by atoms with Gasteiger partial charge in [-0.3, -0.25) is 14.6 Å². The number of amides is 1. The smallest absolute Gasteiger partial charge is 0.265 e. The Balaban J connectivity index is 1.79. The quantitative estimate of drug-likeness (QED) is 0.477. The lowest BCUT2D eigenvalue weighted by Gasteiger charge is -2.15. The van der Waals surface area contributed by atoms with Gasteiger partial charge in [0.15, 0.2) is 0 Å². The molecule has 0 spiro atoms. The third kappa shape index (κ3) is 6.17. The van der Waals surface area contributed by atoms with Crippen molar-refractivity contribution in [3.63, 3.8) is 0 Å². The molecule has 0 aliphatic heterocycles. The summed E-state index contributed by atoms with van der Waals surface area (Å²) in [4.78, 5) is 32.7. The summed E-state index contributed by atoms with van der Waals surface area (Å²) in [6.45, 7) is 5.71. The molecule has 1 heterocycles. The number of hydrogen-bond donors (Lipinski definition) is 4. The third-order valence-corrected chi connectivity index (χ3v) is 4.47. The average Bonchev–Trinajstić information content (AvgIpc) is 2.71. The number of anilines is 1. The Morgan fingerprint density at radius 2 is 2.04 bits per heavy atom. The maximum Gasteiger partial charge on any atom is 0.265 e. The number of nitrogens with one attached hydrogen (secondary N) is 3. The fourth-order valence-corrected chi connectivity index (χ4v) is 2.61. The van der Waals surface area contributed by atoms with E-state index in [-0.39, 0.29) is 12.1 Å². The minimum atomic E-state index is -0.768. The molecule has 0 bridgehead atoms. The van der Waals surface area contributed by atoms with Crippen molar-refractivity contribution in [1.29, 1.82) is 0 Å². The van der Waals surface area contributed by atoms with Gasteiger partial charge in [0.05, 0.1) is 6.10 Å². The summed E-state index contributed by atoms with van der Waals surface area (Å²) in [5.41, 5.74) is 1.82. The van der Waals surface area contributed by atoms with Gasteiger partial charge in [-0.1, -0.05) is 31.2 Å². The average molecular weight is 387 g/mol. The van der Waals surface area contributed by atoms with Gasteiger partial charge in [0, 0.05) is 39.4 Å². The zero-order valence-corrected chi connectivity index (χ0v) is 16.7. The first-order chi connectivity index (χ1) is 13.4. The monoisotopic (exact) mass is 387 g/mol. The first-order valence-electron chi connectivity index (χ1n) is 9.49. The molecule has 0 fully saturated rings. The van der Waals surface area contributed by atoms with Crippen LogP contribution in [0.3, 0.4) is 0 Å². The van der Waals surface area contributed by atoms with Crippen LogP contribution in [0, 0.1) is 0 Å². The van der Waals surface area contributed by atoms with E-state index in [0.29, 0.717) is 25.6 Å². The molecular formula is C20H29N5O3. The third-order valence-electron chi connectivity index (χ3n) is 4.47. The lowest BCUT2D eigenvalue weighted by atomic mass is 10.1. The van der Waals surface area contributed by atoms with Gasteiger partial charge in [-0.15, -0.1) is 0 Å². The molecule has 2 aromatic rings. The highest BCUT2D eigenvalue weighted by molar-refractivity contribution is 5.93. The normalized spacial score (nSPS) is 11.9. The van der Waals surface area contributed by atoms with Crippen molar-refractivity contribution in [2.24, 2.45) is 0 Å². The number of H-pyrrole nitrogens is 1. The minimum Gasteiger partial charge on any atom is -0.390 e. The number of benzene rings is 1. The van der Waals surface area contributed by atoms with E-state index in [1.807, 2.05) is 19.1 Å². The second-order valence-corrected chi connectivity index (χ2v) is 6.63. The molecule has 0 radical (unpaired) electrons. The van der Waals surface area contributed by atoms with Crippen molar-refractivity contribution in [3.05, 3.63) is 57.5 Å². The largest absolute Gasteiger partial charge is 0.390 e. The molecule has 8 nitrogen and oxygen atoms in total. The molecule has 0 aliphatic rings. The summed E-state index contributed by atoms with van der Waals surface area (Å²) in [6.07, 6.45) is 1.46. The number of aliphatic hydroxyl groups is 1. The Hall–Kier alpha value is -2.71. The predicted octanol–water partition coefficient (Wildman–Crippen LogP) is 0.669. The molecule has 1 amide bonds. The number of nitrogens with zero attached hydrogens (tertiary/aromatic N) is 2. The molecule has 1 unspecified atom stereocenters. The predicted molar refractivity (Wildman–Crippen MR) is 110 cm³/mol. The molecule has 0 saturated carbocycles. The lowest BCUT2D eigenvalue weighted by Crippen LogP contribution is -2.39. The van der Waals surface area contributed by atoms with Gasteiger partial charge in [-0.05, 0) is 24.5 Å². The van der Waals surface area contributed by atoms with Crippen molar-refractivity contribution in [3.8, 4) is 0 Å². The number of hydrogen-bond acceptors (Lipinski definition) is 6. The first-order valence-corrected chi connectivity index (χ1v) is 9.49. The second kappa shape index (κ2) is 10.6. The summed E-state index contributed by atoms with van der Waals surface area (Å²) in [5.74, 6) is -0.158. The highest BCUT2D eigenvalue weighted by atomic mass is 16.3. The molecule has 0 aliphatic carbocycles. The molecule has 1 atom stereocenters. The van der Waals surface area contributed by atoms with Crippen LogP contribution in [0.2, 0.25) is 0 Å². The van der Waals surface area contributed by atoms with E-state index < -0.39 is 17.6 Å². The minimum absolute atomic E-state index is 0.0386. The molecule has 1 aromatic carbocycles. The number of carbonyl (C=O) groups is 1. The summed E-state index contributed by atoms with van der Waals surface area (Å²) in [5, 5.41) is 15.8. The van der Waals surface area contributed by atoms with E-state index in [2.05, 4.69) is 39.7 Å².